The minimum Gasteiger partial charge on any atom is -0.466 e. The first kappa shape index (κ1) is 58.3. The van der Waals surface area contributed by atoms with E-state index in [2.05, 4.69) is 36.3 Å². The molecule has 8 rings (SSSR count). The van der Waals surface area contributed by atoms with Crippen molar-refractivity contribution in [3.8, 4) is 5.88 Å². The molecule has 4 heterocycles. The zero-order valence-electron chi connectivity index (χ0n) is 42.6. The highest BCUT2D eigenvalue weighted by Gasteiger charge is 2.49. The monoisotopic (exact) mass is 1130 g/mol. The van der Waals surface area contributed by atoms with Crippen LogP contribution in [0.2, 0.25) is 0 Å². The molecule has 2 aliphatic heterocycles. The molecule has 0 spiro atoms. The Balaban J connectivity index is 0.000000227. The normalized spacial score (nSPS) is 15.4. The predicted octanol–water partition coefficient (Wildman–Crippen LogP) is 8.47. The molecule has 414 valence electrons. The van der Waals surface area contributed by atoms with Crippen LogP contribution in [0.5, 0.6) is 5.88 Å². The second-order valence-corrected chi connectivity index (χ2v) is 23.9. The van der Waals surface area contributed by atoms with Crippen LogP contribution in [0.15, 0.2) is 112 Å². The molecule has 0 atom stereocenters. The number of aryl methyl sites for hydroxylation is 2. The van der Waals surface area contributed by atoms with Gasteiger partial charge >= 0.3 is 27.6 Å². The van der Waals surface area contributed by atoms with Gasteiger partial charge in [-0.05, 0) is 137 Å². The van der Waals surface area contributed by atoms with Crippen LogP contribution in [0.25, 0.3) is 22.1 Å². The van der Waals surface area contributed by atoms with Crippen molar-refractivity contribution in [3.05, 3.63) is 130 Å². The van der Waals surface area contributed by atoms with Gasteiger partial charge in [0, 0.05) is 39.0 Å². The lowest BCUT2D eigenvalue weighted by Crippen LogP contribution is -2.37. The Morgan fingerprint density at radius 3 is 1.53 bits per heavy atom. The Bertz CT molecular complexity index is 3410. The van der Waals surface area contributed by atoms with Gasteiger partial charge in [-0.25, -0.2) is 31.8 Å². The number of ether oxygens (including phenoxy) is 2. The number of sulfonamides is 2. The number of H-pyrrole nitrogens is 1. The van der Waals surface area contributed by atoms with Crippen LogP contribution in [0.4, 0.5) is 13.2 Å². The third-order valence-corrected chi connectivity index (χ3v) is 18.0. The number of rotatable bonds is 20. The number of nitrogens with zero attached hydrogens (tertiary/aromatic N) is 5. The second-order valence-electron chi connectivity index (χ2n) is 18.5. The molecule has 2 fully saturated rings. The largest absolute Gasteiger partial charge is 0.534 e. The topological polar surface area (TPSA) is 242 Å². The fourth-order valence-electron chi connectivity index (χ4n) is 9.22. The summed E-state index contributed by atoms with van der Waals surface area (Å²) in [7, 11) is -13.6. The van der Waals surface area contributed by atoms with Crippen molar-refractivity contribution in [1.29, 1.82) is 0 Å². The number of hydrogen-bond acceptors (Lipinski definition) is 15. The minimum absolute atomic E-state index is 0.0346. The quantitative estimate of drug-likeness (QED) is 0.0326. The number of esters is 2. The number of carbonyl (C=O) groups excluding carboxylic acids is 2. The van der Waals surface area contributed by atoms with Crippen molar-refractivity contribution in [2.45, 2.75) is 118 Å². The highest BCUT2D eigenvalue weighted by atomic mass is 32.2. The molecule has 18 nitrogen and oxygen atoms in total. The first-order valence-electron chi connectivity index (χ1n) is 25.5. The van der Waals surface area contributed by atoms with Gasteiger partial charge in [-0.15, -0.1) is 0 Å². The number of benzene rings is 4. The number of nitrogens with one attached hydrogen (secondary N) is 1. The molecule has 24 heteroatoms. The average Bonchev–Trinajstić information content (AvgIpc) is 3.43. The molecule has 0 radical (unpaired) electrons. The SMILES string of the molecule is CCOC(=O)CCCCc1nc2cc(S(=O)(=O)N3CCC(c4ccccc4)CC3)ccc2[nH]c1=O.CCOC(=O)CCCCc1nc2cc(S(=O)(=O)N3CCC(c4ccccc4)CC3)ccc2nc1OS(=O)(=O)C(F)(F)F. The fraction of sp³-hybridized carbons (Fsp3) is 0.434. The van der Waals surface area contributed by atoms with Gasteiger partial charge < -0.3 is 18.6 Å². The standard InChI is InChI=1S/C27H30F3N3O7S2.C26H31N3O5S/c1-2-39-25(34)11-7-6-10-23-26(40-42(37,38)27(28,29)30)32-22-13-12-21(18-24(22)31-23)41(35,36)33-16-14-20(15-17-33)19-8-4-3-5-9-19;1-2-34-25(30)11-7-6-10-23-26(31)28-22-13-12-21(18-24(22)27-23)35(32,33)29-16-14-20(15-17-29)19-8-4-3-5-9-19/h3-5,8-9,12-13,18,20H,2,6-7,10-11,14-17H2,1H3;3-5,8-9,12-13,18,20H,2,6-7,10-11,14-17H2,1H3,(H,28,31). The van der Waals surface area contributed by atoms with Gasteiger partial charge in [0.2, 0.25) is 20.0 Å². The average molecular weight is 1130 g/mol. The molecule has 2 aliphatic rings. The molecule has 4 aromatic carbocycles. The van der Waals surface area contributed by atoms with Crippen molar-refractivity contribution >= 4 is 64.2 Å². The van der Waals surface area contributed by atoms with Crippen molar-refractivity contribution in [3.63, 3.8) is 0 Å². The smallest absolute Gasteiger partial charge is 0.466 e. The van der Waals surface area contributed by atoms with Crippen molar-refractivity contribution in [2.24, 2.45) is 0 Å². The third kappa shape index (κ3) is 15.0. The van der Waals surface area contributed by atoms with Gasteiger partial charge in [0.05, 0.1) is 45.1 Å². The summed E-state index contributed by atoms with van der Waals surface area (Å²) in [5.74, 6) is -0.985. The lowest BCUT2D eigenvalue weighted by atomic mass is 9.90. The Labute approximate surface area is 445 Å². The highest BCUT2D eigenvalue weighted by Crippen LogP contribution is 2.34. The van der Waals surface area contributed by atoms with Crippen molar-refractivity contribution < 1.29 is 61.7 Å². The first-order valence-corrected chi connectivity index (χ1v) is 29.7. The maximum Gasteiger partial charge on any atom is 0.534 e. The Kier molecular flexibility index (Phi) is 19.6. The van der Waals surface area contributed by atoms with Gasteiger partial charge in [0.15, 0.2) is 0 Å². The number of carbonyl (C=O) groups is 2. The van der Waals surface area contributed by atoms with Gasteiger partial charge in [0.1, 0.15) is 11.4 Å². The van der Waals surface area contributed by atoms with Gasteiger partial charge in [-0.1, -0.05) is 60.7 Å². The number of aromatic nitrogens is 4. The van der Waals surface area contributed by atoms with E-state index in [4.69, 9.17) is 9.47 Å². The van der Waals surface area contributed by atoms with Crippen molar-refractivity contribution in [1.82, 2.24) is 28.5 Å². The molecule has 0 aliphatic carbocycles. The second kappa shape index (κ2) is 25.9. The summed E-state index contributed by atoms with van der Waals surface area (Å²) in [5.41, 5.74) is -2.58. The third-order valence-electron chi connectivity index (χ3n) is 13.3. The Morgan fingerprint density at radius 2 is 1.05 bits per heavy atom. The van der Waals surface area contributed by atoms with E-state index in [-0.39, 0.29) is 76.3 Å². The van der Waals surface area contributed by atoms with Crippen LogP contribution in [-0.2, 0) is 62.1 Å². The first-order chi connectivity index (χ1) is 36.7. The van der Waals surface area contributed by atoms with Gasteiger partial charge in [-0.2, -0.15) is 30.2 Å². The van der Waals surface area contributed by atoms with Crippen molar-refractivity contribution in [2.75, 3.05) is 39.4 Å². The van der Waals surface area contributed by atoms with Crippen LogP contribution in [0, 0.1) is 0 Å². The van der Waals surface area contributed by atoms with Crippen LogP contribution in [0.1, 0.15) is 112 Å². The molecular formula is C53H61F3N6O12S3. The molecule has 0 saturated carbocycles. The molecule has 0 unspecified atom stereocenters. The Hall–Kier alpha value is -6.34. The maximum atomic E-state index is 13.5. The summed E-state index contributed by atoms with van der Waals surface area (Å²) in [6.45, 7) is 5.49. The number of piperidine rings is 2. The van der Waals surface area contributed by atoms with E-state index in [0.29, 0.717) is 94.0 Å². The van der Waals surface area contributed by atoms with Crippen LogP contribution in [0.3, 0.4) is 0 Å². The predicted molar refractivity (Wildman–Crippen MR) is 280 cm³/mol. The number of hydrogen-bond donors (Lipinski definition) is 1. The summed E-state index contributed by atoms with van der Waals surface area (Å²) in [6, 6.07) is 28.4. The van der Waals surface area contributed by atoms with E-state index in [9.17, 15) is 52.8 Å². The van der Waals surface area contributed by atoms with E-state index >= 15 is 0 Å². The van der Waals surface area contributed by atoms with E-state index < -0.39 is 47.5 Å². The highest BCUT2D eigenvalue weighted by molar-refractivity contribution is 7.89. The van der Waals surface area contributed by atoms with Gasteiger partial charge in [0.25, 0.3) is 11.4 Å². The van der Waals surface area contributed by atoms with Crippen LogP contribution in [-0.4, -0.2) is 111 Å². The van der Waals surface area contributed by atoms with E-state index in [0.717, 1.165) is 18.4 Å². The fourth-order valence-corrected chi connectivity index (χ4v) is 12.6. The summed E-state index contributed by atoms with van der Waals surface area (Å²) in [6.07, 6.45) is 5.16. The van der Waals surface area contributed by atoms with E-state index in [1.165, 1.54) is 44.5 Å². The zero-order valence-corrected chi connectivity index (χ0v) is 45.1. The van der Waals surface area contributed by atoms with Gasteiger partial charge in [-0.3, -0.25) is 14.4 Å². The summed E-state index contributed by atoms with van der Waals surface area (Å²) >= 11 is 0. The molecule has 6 aromatic rings. The molecule has 0 amide bonds. The molecule has 77 heavy (non-hydrogen) atoms. The zero-order chi connectivity index (χ0) is 55.4. The number of aromatic amines is 1. The van der Waals surface area contributed by atoms with E-state index in [1.807, 2.05) is 48.5 Å². The molecule has 1 N–H and O–H groups in total. The maximum absolute atomic E-state index is 13.5. The van der Waals surface area contributed by atoms with Crippen LogP contribution >= 0.6 is 0 Å². The molecule has 2 aromatic heterocycles. The number of alkyl halides is 3. The number of unbranched alkanes of at least 4 members (excludes halogenated alkanes) is 2. The summed E-state index contributed by atoms with van der Waals surface area (Å²) in [5, 5.41) is 0. The molecule has 2 saturated heterocycles. The number of fused-ring (bicyclic) bond motifs is 2. The minimum atomic E-state index is -6.04. The summed E-state index contributed by atoms with van der Waals surface area (Å²) in [4.78, 5) is 51.0. The van der Waals surface area contributed by atoms with Crippen LogP contribution < -0.4 is 9.74 Å². The van der Waals surface area contributed by atoms with E-state index in [1.54, 1.807) is 19.9 Å². The lowest BCUT2D eigenvalue weighted by Gasteiger charge is -2.31. The molecule has 0 bridgehead atoms. The number of halogens is 3. The Morgan fingerprint density at radius 1 is 0.597 bits per heavy atom. The lowest BCUT2D eigenvalue weighted by molar-refractivity contribution is -0.144. The summed E-state index contributed by atoms with van der Waals surface area (Å²) < 4.78 is 133. The molecular weight excluding hydrogens is 1070 g/mol.